The Kier molecular flexibility index (Phi) is 4.73. The SMILES string of the molecule is O=C1[C@@H](N2CCCc3cccc(Cl)c32)CCN1c1ccc(S(=O)O)cc1. The first-order valence-corrected chi connectivity index (χ1v) is 10.1. The van der Waals surface area contributed by atoms with Gasteiger partial charge in [-0.2, -0.15) is 0 Å². The predicted octanol–water partition coefficient (Wildman–Crippen LogP) is 3.48. The van der Waals surface area contributed by atoms with Crippen molar-refractivity contribution in [1.82, 2.24) is 0 Å². The van der Waals surface area contributed by atoms with Crippen LogP contribution in [0.2, 0.25) is 5.02 Å². The molecule has 0 spiro atoms. The number of para-hydroxylation sites is 1. The molecule has 7 heteroatoms. The monoisotopic (exact) mass is 390 g/mol. The van der Waals surface area contributed by atoms with E-state index in [2.05, 4.69) is 11.0 Å². The smallest absolute Gasteiger partial charge is 0.249 e. The average molecular weight is 391 g/mol. The van der Waals surface area contributed by atoms with Gasteiger partial charge in [-0.1, -0.05) is 23.7 Å². The molecule has 2 aliphatic rings. The molecule has 1 amide bonds. The Bertz CT molecular complexity index is 872. The van der Waals surface area contributed by atoms with Crippen LogP contribution in [0.4, 0.5) is 11.4 Å². The van der Waals surface area contributed by atoms with Crippen molar-refractivity contribution >= 4 is 40.0 Å². The Balaban J connectivity index is 1.60. The lowest BCUT2D eigenvalue weighted by molar-refractivity contribution is -0.118. The number of hydrogen-bond acceptors (Lipinski definition) is 3. The summed E-state index contributed by atoms with van der Waals surface area (Å²) in [6.07, 6.45) is 2.72. The predicted molar refractivity (Wildman–Crippen MR) is 103 cm³/mol. The molecule has 4 rings (SSSR count). The molecule has 0 radical (unpaired) electrons. The van der Waals surface area contributed by atoms with Gasteiger partial charge in [-0.05, 0) is 55.2 Å². The fourth-order valence-electron chi connectivity index (χ4n) is 3.90. The van der Waals surface area contributed by atoms with Crippen LogP contribution in [0.3, 0.4) is 0 Å². The van der Waals surface area contributed by atoms with Crippen LogP contribution in [0, 0.1) is 0 Å². The van der Waals surface area contributed by atoms with Crippen LogP contribution < -0.4 is 9.80 Å². The summed E-state index contributed by atoms with van der Waals surface area (Å²) in [7, 11) is 0. The first-order valence-electron chi connectivity index (χ1n) is 8.62. The molecule has 2 heterocycles. The second kappa shape index (κ2) is 7.02. The molecule has 0 bridgehead atoms. The number of fused-ring (bicyclic) bond motifs is 1. The van der Waals surface area contributed by atoms with Crippen LogP contribution in [0.25, 0.3) is 0 Å². The maximum atomic E-state index is 13.1. The molecule has 1 unspecified atom stereocenters. The highest BCUT2D eigenvalue weighted by Crippen LogP contribution is 2.38. The number of anilines is 2. The minimum absolute atomic E-state index is 0.0515. The number of halogens is 1. The fourth-order valence-corrected chi connectivity index (χ4v) is 4.57. The highest BCUT2D eigenvalue weighted by molar-refractivity contribution is 7.79. The number of benzene rings is 2. The van der Waals surface area contributed by atoms with Gasteiger partial charge in [-0.25, -0.2) is 4.21 Å². The lowest BCUT2D eigenvalue weighted by atomic mass is 9.99. The molecule has 2 aliphatic heterocycles. The van der Waals surface area contributed by atoms with E-state index >= 15 is 0 Å². The Labute approximate surface area is 159 Å². The highest BCUT2D eigenvalue weighted by Gasteiger charge is 2.38. The summed E-state index contributed by atoms with van der Waals surface area (Å²) >= 11 is 4.43. The summed E-state index contributed by atoms with van der Waals surface area (Å²) in [4.78, 5) is 17.3. The van der Waals surface area contributed by atoms with Gasteiger partial charge in [0.15, 0.2) is 11.1 Å². The summed E-state index contributed by atoms with van der Waals surface area (Å²) in [5, 5.41) is 0.697. The number of aryl methyl sites for hydroxylation is 1. The van der Waals surface area contributed by atoms with Gasteiger partial charge in [0.1, 0.15) is 6.04 Å². The molecular formula is C19H19ClN2O3S. The van der Waals surface area contributed by atoms with Crippen molar-refractivity contribution in [3.05, 3.63) is 53.1 Å². The molecule has 1 fully saturated rings. The van der Waals surface area contributed by atoms with Gasteiger partial charge >= 0.3 is 0 Å². The Morgan fingerprint density at radius 2 is 1.88 bits per heavy atom. The highest BCUT2D eigenvalue weighted by atomic mass is 35.5. The minimum Gasteiger partial charge on any atom is -0.358 e. The van der Waals surface area contributed by atoms with E-state index in [0.717, 1.165) is 37.2 Å². The van der Waals surface area contributed by atoms with E-state index in [-0.39, 0.29) is 11.9 Å². The van der Waals surface area contributed by atoms with Crippen LogP contribution in [0.5, 0.6) is 0 Å². The van der Waals surface area contributed by atoms with E-state index < -0.39 is 11.1 Å². The van der Waals surface area contributed by atoms with E-state index in [1.807, 2.05) is 12.1 Å². The molecular weight excluding hydrogens is 372 g/mol. The second-order valence-corrected chi connectivity index (χ2v) is 7.96. The molecule has 1 N–H and O–H groups in total. The molecule has 136 valence electrons. The standard InChI is InChI=1S/C19H19ClN2O3S/c20-16-5-1-3-13-4-2-11-22(18(13)16)17-10-12-21(19(17)23)14-6-8-15(9-7-14)26(24)25/h1,3,5-9,17H,2,4,10-12H2,(H,24,25)/t17-/m0/s1. The summed E-state index contributed by atoms with van der Waals surface area (Å²) in [6, 6.07) is 12.3. The molecule has 26 heavy (non-hydrogen) atoms. The third-order valence-corrected chi connectivity index (χ3v) is 6.09. The number of nitrogens with zero attached hydrogens (tertiary/aromatic N) is 2. The van der Waals surface area contributed by atoms with Gasteiger partial charge < -0.3 is 14.4 Å². The van der Waals surface area contributed by atoms with Crippen LogP contribution in [-0.2, 0) is 22.3 Å². The van der Waals surface area contributed by atoms with Crippen molar-refractivity contribution in [2.24, 2.45) is 0 Å². The fraction of sp³-hybridized carbons (Fsp3) is 0.316. The largest absolute Gasteiger partial charge is 0.358 e. The van der Waals surface area contributed by atoms with Crippen molar-refractivity contribution in [1.29, 1.82) is 0 Å². The normalized spacial score (nSPS) is 21.0. The van der Waals surface area contributed by atoms with Gasteiger partial charge in [-0.15, -0.1) is 0 Å². The molecule has 0 aromatic heterocycles. The Morgan fingerprint density at radius 1 is 1.12 bits per heavy atom. The zero-order valence-electron chi connectivity index (χ0n) is 14.1. The van der Waals surface area contributed by atoms with Crippen LogP contribution in [-0.4, -0.2) is 33.8 Å². The zero-order chi connectivity index (χ0) is 18.3. The van der Waals surface area contributed by atoms with Crippen LogP contribution in [0.15, 0.2) is 47.4 Å². The lowest BCUT2D eigenvalue weighted by Crippen LogP contribution is -2.44. The maximum Gasteiger partial charge on any atom is 0.249 e. The summed E-state index contributed by atoms with van der Waals surface area (Å²) in [5.41, 5.74) is 2.94. The topological polar surface area (TPSA) is 60.9 Å². The average Bonchev–Trinajstić information content (AvgIpc) is 3.03. The first-order chi connectivity index (χ1) is 12.6. The van der Waals surface area contributed by atoms with E-state index in [0.29, 0.717) is 16.5 Å². The summed E-state index contributed by atoms with van der Waals surface area (Å²) < 4.78 is 20.3. The van der Waals surface area contributed by atoms with Gasteiger partial charge in [0, 0.05) is 18.8 Å². The maximum absolute atomic E-state index is 13.1. The number of amides is 1. The van der Waals surface area contributed by atoms with Crippen LogP contribution in [0.1, 0.15) is 18.4 Å². The van der Waals surface area contributed by atoms with Crippen molar-refractivity contribution in [3.8, 4) is 0 Å². The molecule has 5 nitrogen and oxygen atoms in total. The van der Waals surface area contributed by atoms with Crippen molar-refractivity contribution in [2.75, 3.05) is 22.9 Å². The van der Waals surface area contributed by atoms with Gasteiger partial charge in [0.25, 0.3) is 0 Å². The number of carbonyl (C=O) groups excluding carboxylic acids is 1. The summed E-state index contributed by atoms with van der Waals surface area (Å²) in [6.45, 7) is 1.45. The molecule has 2 atom stereocenters. The van der Waals surface area contributed by atoms with Gasteiger partial charge in [0.2, 0.25) is 5.91 Å². The quantitative estimate of drug-likeness (QED) is 0.815. The third-order valence-electron chi connectivity index (χ3n) is 5.11. The summed E-state index contributed by atoms with van der Waals surface area (Å²) in [5.74, 6) is 0.0515. The van der Waals surface area contributed by atoms with E-state index in [1.165, 1.54) is 5.56 Å². The number of rotatable bonds is 3. The van der Waals surface area contributed by atoms with E-state index in [4.69, 9.17) is 16.2 Å². The Morgan fingerprint density at radius 3 is 2.62 bits per heavy atom. The van der Waals surface area contributed by atoms with E-state index in [9.17, 15) is 9.00 Å². The van der Waals surface area contributed by atoms with E-state index in [1.54, 1.807) is 29.2 Å². The second-order valence-electron chi connectivity index (χ2n) is 6.58. The number of carbonyl (C=O) groups is 1. The molecule has 0 saturated carbocycles. The minimum atomic E-state index is -2.01. The van der Waals surface area contributed by atoms with Crippen LogP contribution >= 0.6 is 11.6 Å². The third kappa shape index (κ3) is 3.02. The van der Waals surface area contributed by atoms with Gasteiger partial charge in [-0.3, -0.25) is 4.79 Å². The lowest BCUT2D eigenvalue weighted by Gasteiger charge is -2.36. The van der Waals surface area contributed by atoms with Crippen molar-refractivity contribution in [3.63, 3.8) is 0 Å². The molecule has 2 aromatic carbocycles. The molecule has 2 aromatic rings. The number of hydrogen-bond donors (Lipinski definition) is 1. The molecule has 0 aliphatic carbocycles. The van der Waals surface area contributed by atoms with Crippen molar-refractivity contribution < 1.29 is 13.6 Å². The van der Waals surface area contributed by atoms with Gasteiger partial charge in [0.05, 0.1) is 15.6 Å². The zero-order valence-corrected chi connectivity index (χ0v) is 15.7. The molecule has 1 saturated heterocycles. The first kappa shape index (κ1) is 17.5. The Hall–Kier alpha value is -1.89. The van der Waals surface area contributed by atoms with Crippen molar-refractivity contribution in [2.45, 2.75) is 30.2 Å².